The zero-order valence-corrected chi connectivity index (χ0v) is 21.0. The van der Waals surface area contributed by atoms with Crippen LogP contribution in [0.5, 0.6) is 5.75 Å². The lowest BCUT2D eigenvalue weighted by atomic mass is 9.78. The number of halogens is 1. The molecule has 1 aromatic heterocycles. The van der Waals surface area contributed by atoms with Crippen molar-refractivity contribution in [2.75, 3.05) is 31.8 Å². The molecule has 1 N–H and O–H groups in total. The zero-order valence-electron chi connectivity index (χ0n) is 20.1. The Morgan fingerprint density at radius 3 is 2.67 bits per heavy atom. The molecule has 1 spiro atoms. The molecule has 0 radical (unpaired) electrons. The number of hydrogen-bond donors (Lipinski definition) is 1. The molecule has 2 saturated heterocycles. The van der Waals surface area contributed by atoms with E-state index in [4.69, 9.17) is 9.57 Å². The number of fused-ring (bicyclic) bond motifs is 1. The molecule has 2 aromatic carbocycles. The van der Waals surface area contributed by atoms with E-state index in [1.165, 1.54) is 12.1 Å². The number of aliphatic hydroxyl groups is 1. The summed E-state index contributed by atoms with van der Waals surface area (Å²) in [6.45, 7) is 2.37. The van der Waals surface area contributed by atoms with Gasteiger partial charge in [0.1, 0.15) is 18.2 Å². The highest BCUT2D eigenvalue weighted by atomic mass is 32.2. The summed E-state index contributed by atoms with van der Waals surface area (Å²) in [7, 11) is 1.66. The molecule has 4 heterocycles. The van der Waals surface area contributed by atoms with Gasteiger partial charge in [0.25, 0.3) is 5.72 Å². The predicted octanol–water partition coefficient (Wildman–Crippen LogP) is 4.34. The fraction of sp³-hybridized carbons (Fsp3) is 0.333. The third-order valence-electron chi connectivity index (χ3n) is 7.18. The Bertz CT molecular complexity index is 1370. The first-order valence-corrected chi connectivity index (χ1v) is 13.0. The van der Waals surface area contributed by atoms with Crippen LogP contribution in [0.1, 0.15) is 23.2 Å². The number of aryl methyl sites for hydroxylation is 1. The monoisotopic (exact) mass is 506 g/mol. The molecule has 1 unspecified atom stereocenters. The van der Waals surface area contributed by atoms with Gasteiger partial charge in [0, 0.05) is 35.2 Å². The van der Waals surface area contributed by atoms with Gasteiger partial charge in [0.2, 0.25) is 0 Å². The van der Waals surface area contributed by atoms with Gasteiger partial charge >= 0.3 is 0 Å². The summed E-state index contributed by atoms with van der Waals surface area (Å²) in [5, 5.41) is 15.0. The minimum absolute atomic E-state index is 0.0715. The number of imidazole rings is 1. The maximum Gasteiger partial charge on any atom is 0.260 e. The molecule has 7 nitrogen and oxygen atoms in total. The highest BCUT2D eigenvalue weighted by Crippen LogP contribution is 2.51. The number of nitrogens with zero attached hydrogens (tertiary/aromatic N) is 4. The Kier molecular flexibility index (Phi) is 5.57. The van der Waals surface area contributed by atoms with E-state index in [1.54, 1.807) is 25.6 Å². The van der Waals surface area contributed by atoms with Crippen LogP contribution in [0.2, 0.25) is 0 Å². The molecular weight excluding hydrogens is 479 g/mol. The van der Waals surface area contributed by atoms with Crippen LogP contribution in [0.3, 0.4) is 0 Å². The number of hydrogen-bond acceptors (Lipinski definition) is 7. The van der Waals surface area contributed by atoms with E-state index in [0.717, 1.165) is 52.7 Å². The molecular formula is C27H27FN4O3S. The molecule has 1 atom stereocenters. The van der Waals surface area contributed by atoms with Gasteiger partial charge in [-0.25, -0.2) is 9.37 Å². The molecule has 0 amide bonds. The van der Waals surface area contributed by atoms with Gasteiger partial charge in [-0.1, -0.05) is 11.2 Å². The van der Waals surface area contributed by atoms with Crippen LogP contribution in [-0.2, 0) is 10.6 Å². The lowest BCUT2D eigenvalue weighted by Gasteiger charge is -2.51. The number of thioether (sulfide) groups is 1. The lowest BCUT2D eigenvalue weighted by Crippen LogP contribution is -2.59. The minimum Gasteiger partial charge on any atom is -0.495 e. The van der Waals surface area contributed by atoms with Crippen LogP contribution in [0.4, 0.5) is 4.39 Å². The normalized spacial score (nSPS) is 23.3. The molecule has 3 aliphatic heterocycles. The van der Waals surface area contributed by atoms with Gasteiger partial charge in [-0.05, 0) is 67.0 Å². The van der Waals surface area contributed by atoms with E-state index >= 15 is 0 Å². The molecule has 186 valence electrons. The fourth-order valence-corrected chi connectivity index (χ4v) is 6.44. The fourth-order valence-electron chi connectivity index (χ4n) is 5.27. The summed E-state index contributed by atoms with van der Waals surface area (Å²) in [6, 6.07) is 12.2. The van der Waals surface area contributed by atoms with Crippen molar-refractivity contribution in [1.82, 2.24) is 14.5 Å². The quantitative estimate of drug-likeness (QED) is 0.555. The van der Waals surface area contributed by atoms with Crippen molar-refractivity contribution in [2.45, 2.75) is 19.1 Å². The number of benzene rings is 2. The smallest absolute Gasteiger partial charge is 0.260 e. The summed E-state index contributed by atoms with van der Waals surface area (Å²) in [4.78, 5) is 12.4. The number of amidine groups is 1. The third kappa shape index (κ3) is 3.69. The molecule has 0 bridgehead atoms. The van der Waals surface area contributed by atoms with Crippen molar-refractivity contribution < 1.29 is 19.1 Å². The van der Waals surface area contributed by atoms with Crippen molar-refractivity contribution in [3.05, 3.63) is 83.2 Å². The van der Waals surface area contributed by atoms with E-state index in [0.29, 0.717) is 11.4 Å². The predicted molar refractivity (Wildman–Crippen MR) is 138 cm³/mol. The number of aliphatic hydroxyl groups excluding tert-OH is 1. The van der Waals surface area contributed by atoms with Crippen LogP contribution in [-0.4, -0.2) is 57.2 Å². The van der Waals surface area contributed by atoms with Crippen LogP contribution < -0.4 is 4.74 Å². The van der Waals surface area contributed by atoms with Gasteiger partial charge in [-0.2, -0.15) is 11.8 Å². The summed E-state index contributed by atoms with van der Waals surface area (Å²) >= 11 is 1.92. The SMILES string of the molecule is COc1cc(C=C2CC3(CSC3)CN3C2=NOC3(CO)c2ccc(F)cc2)ccc1-n1cnc(C)c1. The largest absolute Gasteiger partial charge is 0.495 e. The van der Waals surface area contributed by atoms with E-state index in [-0.39, 0.29) is 17.8 Å². The molecule has 3 aliphatic rings. The summed E-state index contributed by atoms with van der Waals surface area (Å²) in [5.41, 5.74) is 3.45. The van der Waals surface area contributed by atoms with Gasteiger partial charge in [0.05, 0.1) is 24.8 Å². The first kappa shape index (κ1) is 23.1. The molecule has 0 aliphatic carbocycles. The maximum atomic E-state index is 13.7. The topological polar surface area (TPSA) is 72.1 Å². The number of methoxy groups -OCH3 is 1. The average molecular weight is 507 g/mol. The Morgan fingerprint density at radius 2 is 2.03 bits per heavy atom. The van der Waals surface area contributed by atoms with E-state index in [9.17, 15) is 9.50 Å². The number of oxime groups is 1. The molecule has 2 fully saturated rings. The van der Waals surface area contributed by atoms with E-state index < -0.39 is 5.72 Å². The molecule has 6 rings (SSSR count). The number of rotatable bonds is 5. The summed E-state index contributed by atoms with van der Waals surface area (Å²) in [5.74, 6) is 3.18. The van der Waals surface area contributed by atoms with Crippen molar-refractivity contribution in [3.63, 3.8) is 0 Å². The number of piperidine rings is 1. The number of ether oxygens (including phenoxy) is 1. The van der Waals surface area contributed by atoms with Crippen molar-refractivity contribution in [3.8, 4) is 11.4 Å². The lowest BCUT2D eigenvalue weighted by molar-refractivity contribution is -0.144. The standard InChI is InChI=1S/C27H27FN4O3S/c1-18-12-31(17-29-18)23-8-3-19(10-24(23)34-2)9-20-11-26(15-36-16-26)13-32-25(20)30-35-27(32,14-33)21-4-6-22(28)7-5-21/h3-10,12,17,33H,11,13-16H2,1-2H3. The van der Waals surface area contributed by atoms with E-state index in [1.807, 2.05) is 41.6 Å². The van der Waals surface area contributed by atoms with Crippen molar-refractivity contribution >= 4 is 23.7 Å². The molecule has 9 heteroatoms. The zero-order chi connectivity index (χ0) is 24.9. The maximum absolute atomic E-state index is 13.7. The average Bonchev–Trinajstić information content (AvgIpc) is 3.47. The molecule has 36 heavy (non-hydrogen) atoms. The summed E-state index contributed by atoms with van der Waals surface area (Å²) < 4.78 is 21.3. The highest BCUT2D eigenvalue weighted by Gasteiger charge is 2.56. The Hall–Kier alpha value is -3.30. The molecule has 3 aromatic rings. The minimum atomic E-state index is -1.17. The van der Waals surface area contributed by atoms with Gasteiger partial charge in [-0.15, -0.1) is 0 Å². The number of aromatic nitrogens is 2. The Morgan fingerprint density at radius 1 is 1.22 bits per heavy atom. The highest BCUT2D eigenvalue weighted by molar-refractivity contribution is 8.00. The first-order valence-electron chi connectivity index (χ1n) is 11.8. The van der Waals surface area contributed by atoms with E-state index in [2.05, 4.69) is 27.2 Å². The van der Waals surface area contributed by atoms with Crippen LogP contribution in [0.15, 0.2) is 65.7 Å². The third-order valence-corrected chi connectivity index (χ3v) is 8.81. The first-order chi connectivity index (χ1) is 17.4. The second-order valence-electron chi connectivity index (χ2n) is 9.73. The second-order valence-corrected chi connectivity index (χ2v) is 10.7. The van der Waals surface area contributed by atoms with Crippen LogP contribution in [0.25, 0.3) is 11.8 Å². The van der Waals surface area contributed by atoms with Gasteiger partial charge in [0.15, 0.2) is 5.84 Å². The van der Waals surface area contributed by atoms with Crippen LogP contribution >= 0.6 is 11.8 Å². The Balaban J connectivity index is 1.39. The van der Waals surface area contributed by atoms with Crippen molar-refractivity contribution in [1.29, 1.82) is 0 Å². The van der Waals surface area contributed by atoms with Gasteiger partial charge in [-0.3, -0.25) is 0 Å². The van der Waals surface area contributed by atoms with Crippen molar-refractivity contribution in [2.24, 2.45) is 10.6 Å². The Labute approximate surface area is 213 Å². The molecule has 0 saturated carbocycles. The van der Waals surface area contributed by atoms with Gasteiger partial charge < -0.3 is 24.1 Å². The van der Waals surface area contributed by atoms with Crippen LogP contribution in [0, 0.1) is 18.2 Å². The second kappa shape index (κ2) is 8.67. The summed E-state index contributed by atoms with van der Waals surface area (Å²) in [6.07, 6.45) is 6.73.